The topological polar surface area (TPSA) is 603 Å². The van der Waals surface area contributed by atoms with Crippen molar-refractivity contribution in [1.82, 2.24) is 10.6 Å². The van der Waals surface area contributed by atoms with Gasteiger partial charge in [0.1, 0.15) is 171 Å². The van der Waals surface area contributed by atoms with Gasteiger partial charge in [-0.1, -0.05) is 0 Å². The standard InChI is InChI=1S/C46H78N2O36/c1-10(54)47-19-26(61)36(15(6-52)74-40(19)71)81-41-20(48-11(2)55)27(62)37(16(7-53)78-41)82-45-35(70)38(25(60)18(79-45)9-73-43-33(68)29(64)22(57)13(4-50)76-43)83-46-39(84-44-34(69)30(65)23(58)14(5-51)77-44)31(66)24(59)17(80-46)8-72-42-32(67)28(63)21(56)12(3-49)75-42/h12-46,49-53,56-71H,3-9H2,1-2H3,(H,47,54)(H,48,55)/t12-,13-,14-,15-,16-,17-,18-,19-,20-,21-,22-,23-,24-,25-,26-,27-,28+,29-,30+,31+,32+,33+,34+,35+,36-,37-,38+,39+,40-,41+,42+,43+,44-,45+,46-/m1/s1. The predicted molar refractivity (Wildman–Crippen MR) is 255 cm³/mol. The lowest BCUT2D eigenvalue weighted by Crippen LogP contribution is -2.70. The molecule has 488 valence electrons. The number of amides is 2. The van der Waals surface area contributed by atoms with Gasteiger partial charge < -0.3 is 179 Å². The van der Waals surface area contributed by atoms with E-state index >= 15 is 0 Å². The largest absolute Gasteiger partial charge is 0.394 e. The Labute approximate surface area is 475 Å². The first kappa shape index (κ1) is 69.1. The van der Waals surface area contributed by atoms with Gasteiger partial charge in [0, 0.05) is 13.8 Å². The Morgan fingerprint density at radius 3 is 1.12 bits per heavy atom. The Morgan fingerprint density at radius 1 is 0.310 bits per heavy atom. The van der Waals surface area contributed by atoms with Crippen LogP contribution < -0.4 is 10.6 Å². The van der Waals surface area contributed by atoms with Crippen LogP contribution in [0, 0.1) is 0 Å². The van der Waals surface area contributed by atoms with E-state index in [0.717, 1.165) is 13.8 Å². The Balaban J connectivity index is 1.21. The molecule has 7 saturated heterocycles. The van der Waals surface area contributed by atoms with Crippen molar-refractivity contribution in [2.45, 2.75) is 229 Å². The highest BCUT2D eigenvalue weighted by molar-refractivity contribution is 5.73. The second-order valence-corrected chi connectivity index (χ2v) is 21.1. The highest BCUT2D eigenvalue weighted by Gasteiger charge is 2.58. The Kier molecular flexibility index (Phi) is 24.6. The average Bonchev–Trinajstić information content (AvgIpc) is 1.77. The molecule has 23 N–H and O–H groups in total. The molecule has 0 aromatic rings. The number of hydrogen-bond acceptors (Lipinski definition) is 36. The van der Waals surface area contributed by atoms with Crippen LogP contribution in [0.3, 0.4) is 0 Å². The Morgan fingerprint density at radius 2 is 0.643 bits per heavy atom. The molecule has 84 heavy (non-hydrogen) atoms. The second-order valence-electron chi connectivity index (χ2n) is 21.1. The highest BCUT2D eigenvalue weighted by Crippen LogP contribution is 2.37. The first-order chi connectivity index (χ1) is 39.7. The van der Waals surface area contributed by atoms with Gasteiger partial charge in [-0.25, -0.2) is 0 Å². The lowest BCUT2D eigenvalue weighted by Gasteiger charge is -2.51. The van der Waals surface area contributed by atoms with Crippen LogP contribution in [0.25, 0.3) is 0 Å². The fourth-order valence-electron chi connectivity index (χ4n) is 10.6. The SMILES string of the molecule is CC(=O)N[C@@H]1[C@@H](O)[C@H](O[C@@H]2O[C@H](CO)[C@@H](O[C@@H]3O[C@H](CO[C@H]4O[C@H](CO)[C@@H](O)[C@@H](O)[C@@H]4O)[C@@H](O)[C@H](O[C@H]4O[C@H](CO[C@H]5O[C@H](CO)[C@@H](O)[C@H](O)[C@@H]5O)[C@@H](O)[C@H](O)[C@@H]4O[C@H]4O[C@H](CO)[C@@H](O)[C@H](O)[C@@H]4O)[C@@H]3O)[C@H](O)[C@H]2NC(C)=O)[C@@H](CO)O[C@H]1O. The fourth-order valence-corrected chi connectivity index (χ4v) is 10.6. The quantitative estimate of drug-likeness (QED) is 0.0507. The molecule has 0 unspecified atom stereocenters. The molecule has 0 radical (unpaired) electrons. The second kappa shape index (κ2) is 29.9. The molecule has 7 aliphatic rings. The Bertz CT molecular complexity index is 2060. The van der Waals surface area contributed by atoms with Gasteiger partial charge in [0.15, 0.2) is 44.0 Å². The zero-order valence-electron chi connectivity index (χ0n) is 44.7. The summed E-state index contributed by atoms with van der Waals surface area (Å²) in [5.74, 6) is -1.62. The van der Waals surface area contributed by atoms with Gasteiger partial charge in [-0.05, 0) is 0 Å². The van der Waals surface area contributed by atoms with E-state index in [0.29, 0.717) is 0 Å². The van der Waals surface area contributed by atoms with E-state index in [-0.39, 0.29) is 0 Å². The molecule has 38 nitrogen and oxygen atoms in total. The third-order valence-electron chi connectivity index (χ3n) is 15.3. The monoisotopic (exact) mass is 1230 g/mol. The number of carbonyl (C=O) groups is 2. The summed E-state index contributed by atoms with van der Waals surface area (Å²) in [7, 11) is 0. The minimum absolute atomic E-state index is 0.744. The number of aliphatic hydroxyl groups is 21. The molecule has 0 saturated carbocycles. The van der Waals surface area contributed by atoms with Crippen LogP contribution in [0.4, 0.5) is 0 Å². The Hall–Kier alpha value is -2.42. The van der Waals surface area contributed by atoms with Crippen molar-refractivity contribution in [3.8, 4) is 0 Å². The lowest BCUT2D eigenvalue weighted by molar-refractivity contribution is -0.400. The van der Waals surface area contributed by atoms with Crippen molar-refractivity contribution in [1.29, 1.82) is 0 Å². The molecule has 0 spiro atoms. The van der Waals surface area contributed by atoms with E-state index in [4.69, 9.17) is 61.6 Å². The van der Waals surface area contributed by atoms with Crippen molar-refractivity contribution in [3.05, 3.63) is 0 Å². The maximum absolute atomic E-state index is 12.7. The molecule has 0 aromatic carbocycles. The molecule has 0 aliphatic carbocycles. The number of carbonyl (C=O) groups excluding carboxylic acids is 2. The van der Waals surface area contributed by atoms with E-state index in [2.05, 4.69) is 10.6 Å². The van der Waals surface area contributed by atoms with E-state index < -0.39 is 273 Å². The van der Waals surface area contributed by atoms with Gasteiger partial charge in [-0.3, -0.25) is 9.59 Å². The molecule has 35 atom stereocenters. The summed E-state index contributed by atoms with van der Waals surface area (Å²) < 4.78 is 74.7. The molecule has 7 rings (SSSR count). The molecule has 2 amide bonds. The summed E-state index contributed by atoms with van der Waals surface area (Å²) in [5.41, 5.74) is 0. The normalized spacial score (nSPS) is 50.3. The average molecular weight is 1240 g/mol. The van der Waals surface area contributed by atoms with Gasteiger partial charge >= 0.3 is 0 Å². The summed E-state index contributed by atoms with van der Waals surface area (Å²) in [6.45, 7) is -4.79. The van der Waals surface area contributed by atoms with E-state index in [9.17, 15) is 117 Å². The van der Waals surface area contributed by atoms with Gasteiger partial charge in [0.2, 0.25) is 11.8 Å². The molecule has 7 aliphatic heterocycles. The zero-order chi connectivity index (χ0) is 61.9. The van der Waals surface area contributed by atoms with E-state index in [1.807, 2.05) is 0 Å². The molecule has 38 heteroatoms. The maximum atomic E-state index is 12.7. The van der Waals surface area contributed by atoms with Crippen LogP contribution in [0.1, 0.15) is 13.8 Å². The zero-order valence-corrected chi connectivity index (χ0v) is 44.7. The van der Waals surface area contributed by atoms with Crippen molar-refractivity contribution < 1.29 is 178 Å². The maximum Gasteiger partial charge on any atom is 0.217 e. The van der Waals surface area contributed by atoms with Crippen molar-refractivity contribution in [3.63, 3.8) is 0 Å². The fraction of sp³-hybridized carbons (Fsp3) is 0.957. The van der Waals surface area contributed by atoms with Crippen molar-refractivity contribution >= 4 is 11.8 Å². The summed E-state index contributed by atoms with van der Waals surface area (Å²) in [6.07, 6.45) is -65.9. The van der Waals surface area contributed by atoms with Gasteiger partial charge in [-0.2, -0.15) is 0 Å². The number of rotatable bonds is 21. The molecule has 7 heterocycles. The van der Waals surface area contributed by atoms with Crippen LogP contribution in [0.2, 0.25) is 0 Å². The van der Waals surface area contributed by atoms with Gasteiger partial charge in [0.05, 0.1) is 46.2 Å². The number of nitrogens with one attached hydrogen (secondary N) is 2. The van der Waals surface area contributed by atoms with Crippen molar-refractivity contribution in [2.24, 2.45) is 0 Å². The van der Waals surface area contributed by atoms with Crippen LogP contribution >= 0.6 is 0 Å². The first-order valence-corrected chi connectivity index (χ1v) is 26.6. The lowest BCUT2D eigenvalue weighted by atomic mass is 9.94. The molecular formula is C46H78N2O36. The minimum Gasteiger partial charge on any atom is -0.394 e. The molecular weight excluding hydrogens is 1160 g/mol. The predicted octanol–water partition coefficient (Wildman–Crippen LogP) is -16.0. The van der Waals surface area contributed by atoms with Crippen LogP contribution in [0.5, 0.6) is 0 Å². The number of hydrogen-bond donors (Lipinski definition) is 23. The summed E-state index contributed by atoms with van der Waals surface area (Å²) in [6, 6.07) is -3.40. The van der Waals surface area contributed by atoms with Crippen molar-refractivity contribution in [2.75, 3.05) is 46.2 Å². The smallest absolute Gasteiger partial charge is 0.217 e. The molecule has 7 fully saturated rings. The minimum atomic E-state index is -2.44. The van der Waals surface area contributed by atoms with Gasteiger partial charge in [-0.15, -0.1) is 0 Å². The first-order valence-electron chi connectivity index (χ1n) is 26.6. The third-order valence-corrected chi connectivity index (χ3v) is 15.3. The summed E-state index contributed by atoms with van der Waals surface area (Å²) >= 11 is 0. The molecule has 0 aromatic heterocycles. The van der Waals surface area contributed by atoms with Crippen LogP contribution in [-0.4, -0.2) is 380 Å². The number of ether oxygens (including phenoxy) is 13. The highest BCUT2D eigenvalue weighted by atomic mass is 16.8. The van der Waals surface area contributed by atoms with E-state index in [1.165, 1.54) is 0 Å². The van der Waals surface area contributed by atoms with Crippen LogP contribution in [-0.2, 0) is 71.2 Å². The summed E-state index contributed by atoms with van der Waals surface area (Å²) in [4.78, 5) is 24.7. The van der Waals surface area contributed by atoms with E-state index in [1.54, 1.807) is 0 Å². The third kappa shape index (κ3) is 14.9. The van der Waals surface area contributed by atoms with Gasteiger partial charge in [0.25, 0.3) is 0 Å². The molecule has 0 bridgehead atoms. The summed E-state index contributed by atoms with van der Waals surface area (Å²) in [5, 5.41) is 231. The number of aliphatic hydroxyl groups excluding tert-OH is 21. The van der Waals surface area contributed by atoms with Crippen LogP contribution in [0.15, 0.2) is 0 Å².